The lowest BCUT2D eigenvalue weighted by Gasteiger charge is -2.41. The fourth-order valence-corrected chi connectivity index (χ4v) is 22.8. The molecule has 13 saturated heterocycles. The van der Waals surface area contributed by atoms with Gasteiger partial charge in [0.1, 0.15) is 13.2 Å². The van der Waals surface area contributed by atoms with Crippen molar-refractivity contribution in [2.45, 2.75) is 294 Å². The minimum atomic E-state index is -0.636. The summed E-state index contributed by atoms with van der Waals surface area (Å²) in [5.41, 5.74) is 0. The molecule has 0 bridgehead atoms. The number of morpholine rings is 1. The Kier molecular flexibility index (Phi) is 58.6. The molecule has 13 aliphatic rings. The Morgan fingerprint density at radius 1 is 0.292 bits per heavy atom. The lowest BCUT2D eigenvalue weighted by Crippen LogP contribution is -2.47. The van der Waals surface area contributed by atoms with Crippen molar-refractivity contribution in [3.63, 3.8) is 0 Å². The van der Waals surface area contributed by atoms with E-state index in [1.165, 1.54) is 283 Å². The van der Waals surface area contributed by atoms with Gasteiger partial charge in [0.2, 0.25) is 0 Å². The normalized spacial score (nSPS) is 23.3. The Morgan fingerprint density at radius 2 is 0.540 bits per heavy atom. The SMILES string of the molecule is CCCCCOC(=O)CCC1CCN(C2CCN(C)CC2)CC1.CN(C)CCCOC(=O)CCC1CCN(C2CCN(C)CC2)CC1.CN(C)CCOC(=O)CCC1CCN(C2CCN(C)CC2)CC1.CN1CCC(N2CCC(CC(=O)O)CC2)CC1.CN1CCC(N2CCC(CCC(=O)OCC(=O)N(C)C)CC2)CC1.CN1CCC(N2CCC(CCC(=O)OCCN3CCOCC3)CC2)CC1. The third kappa shape index (κ3) is 49.9. The molecule has 13 heterocycles. The maximum absolute atomic E-state index is 12.0. The molecule has 0 aromatic carbocycles. The molecule has 137 heavy (non-hydrogen) atoms. The van der Waals surface area contributed by atoms with Crippen LogP contribution in [-0.4, -0.2) is 482 Å². The minimum absolute atomic E-state index is 0.00787. The van der Waals surface area contributed by atoms with Crippen molar-refractivity contribution < 1.29 is 67.1 Å². The van der Waals surface area contributed by atoms with Gasteiger partial charge in [-0.15, -0.1) is 0 Å². The van der Waals surface area contributed by atoms with Gasteiger partial charge in [-0.25, -0.2) is 0 Å². The van der Waals surface area contributed by atoms with E-state index in [1.807, 2.05) is 33.1 Å². The summed E-state index contributed by atoms with van der Waals surface area (Å²) in [7, 11) is 24.7. The number of esters is 5. The third-order valence-electron chi connectivity index (χ3n) is 32.8. The number of aliphatic carboxylic acids is 1. The molecule has 0 saturated carbocycles. The second-order valence-corrected chi connectivity index (χ2v) is 44.3. The molecule has 794 valence electrons. The number of piperidine rings is 12. The second kappa shape index (κ2) is 68.1. The van der Waals surface area contributed by atoms with Gasteiger partial charge in [0, 0.05) is 122 Å². The number of amides is 1. The highest BCUT2D eigenvalue weighted by Crippen LogP contribution is 2.34. The Hall–Kier alpha value is -4.35. The van der Waals surface area contributed by atoms with Crippen molar-refractivity contribution in [1.29, 1.82) is 0 Å². The summed E-state index contributed by atoms with van der Waals surface area (Å²) in [5, 5.41) is 8.79. The molecule has 30 heteroatoms. The lowest BCUT2D eigenvalue weighted by molar-refractivity contribution is -0.151. The molecule has 13 fully saturated rings. The number of carboxylic acid groups (broad SMARTS) is 1. The molecule has 13 rings (SSSR count). The van der Waals surface area contributed by atoms with Crippen LogP contribution in [0.25, 0.3) is 0 Å². The fourth-order valence-electron chi connectivity index (χ4n) is 22.8. The molecular formula is C107H202N16O14. The zero-order valence-electron chi connectivity index (χ0n) is 89.4. The van der Waals surface area contributed by atoms with Gasteiger partial charge in [-0.05, 0) is 462 Å². The van der Waals surface area contributed by atoms with Crippen LogP contribution in [0.5, 0.6) is 0 Å². The number of unbranched alkanes of at least 4 members (excludes halogenated alkanes) is 2. The molecule has 0 spiro atoms. The van der Waals surface area contributed by atoms with Crippen LogP contribution in [0.2, 0.25) is 0 Å². The highest BCUT2D eigenvalue weighted by molar-refractivity contribution is 5.80. The second-order valence-electron chi connectivity index (χ2n) is 44.3. The predicted molar refractivity (Wildman–Crippen MR) is 549 cm³/mol. The average molecular weight is 1940 g/mol. The molecule has 1 N–H and O–H groups in total. The van der Waals surface area contributed by atoms with E-state index >= 15 is 0 Å². The first kappa shape index (κ1) is 118. The number of carbonyl (C=O) groups is 7. The highest BCUT2D eigenvalue weighted by Gasteiger charge is 2.36. The molecule has 0 radical (unpaired) electrons. The van der Waals surface area contributed by atoms with Crippen molar-refractivity contribution in [3.05, 3.63) is 0 Å². The third-order valence-corrected chi connectivity index (χ3v) is 32.8. The van der Waals surface area contributed by atoms with Crippen LogP contribution in [0.4, 0.5) is 0 Å². The van der Waals surface area contributed by atoms with Crippen molar-refractivity contribution >= 4 is 41.7 Å². The molecule has 1 amide bonds. The topological polar surface area (TPSA) is 247 Å². The number of nitrogens with zero attached hydrogens (tertiary/aromatic N) is 16. The Balaban J connectivity index is 0.000000203. The number of ether oxygens (including phenoxy) is 6. The van der Waals surface area contributed by atoms with Crippen LogP contribution in [0, 0.1) is 35.5 Å². The van der Waals surface area contributed by atoms with Crippen LogP contribution < -0.4 is 0 Å². The van der Waals surface area contributed by atoms with Gasteiger partial charge in [-0.2, -0.15) is 0 Å². The smallest absolute Gasteiger partial charge is 0.306 e. The number of likely N-dealkylation sites (N-methyl/N-ethyl adjacent to an activating group) is 2. The molecule has 0 aliphatic carbocycles. The van der Waals surface area contributed by atoms with Crippen LogP contribution in [0.1, 0.15) is 257 Å². The minimum Gasteiger partial charge on any atom is -0.481 e. The monoisotopic (exact) mass is 1940 g/mol. The van der Waals surface area contributed by atoms with Crippen LogP contribution >= 0.6 is 0 Å². The Labute approximate surface area is 832 Å². The quantitative estimate of drug-likeness (QED) is 0.0341. The number of hydrogen-bond donors (Lipinski definition) is 1. The Morgan fingerprint density at radius 3 is 0.796 bits per heavy atom. The van der Waals surface area contributed by atoms with E-state index in [0.29, 0.717) is 94.5 Å². The number of likely N-dealkylation sites (tertiary alicyclic amines) is 12. The zero-order chi connectivity index (χ0) is 98.5. The molecule has 0 atom stereocenters. The van der Waals surface area contributed by atoms with Crippen molar-refractivity contribution in [1.82, 2.24) is 78.4 Å². The molecule has 30 nitrogen and oxygen atoms in total. The van der Waals surface area contributed by atoms with E-state index in [1.54, 1.807) is 14.1 Å². The van der Waals surface area contributed by atoms with Gasteiger partial charge in [0.05, 0.1) is 26.4 Å². The largest absolute Gasteiger partial charge is 0.481 e. The van der Waals surface area contributed by atoms with E-state index in [9.17, 15) is 33.6 Å². The van der Waals surface area contributed by atoms with Gasteiger partial charge in [-0.3, -0.25) is 38.5 Å². The summed E-state index contributed by atoms with van der Waals surface area (Å²) in [5.74, 6) is 2.77. The maximum Gasteiger partial charge on any atom is 0.306 e. The van der Waals surface area contributed by atoms with Gasteiger partial charge in [0.15, 0.2) is 6.61 Å². The number of carbonyl (C=O) groups excluding carboxylic acids is 6. The van der Waals surface area contributed by atoms with Gasteiger partial charge in [-0.1, -0.05) is 19.8 Å². The zero-order valence-corrected chi connectivity index (χ0v) is 89.4. The molecule has 0 unspecified atom stereocenters. The number of rotatable bonds is 39. The summed E-state index contributed by atoms with van der Waals surface area (Å²) in [6.07, 6.45) is 42.5. The highest BCUT2D eigenvalue weighted by atomic mass is 16.6. The van der Waals surface area contributed by atoms with E-state index in [2.05, 4.69) is 118 Å². The van der Waals surface area contributed by atoms with Crippen LogP contribution in [-0.2, 0) is 62.0 Å². The average Bonchev–Trinajstić information content (AvgIpc) is 0.882. The van der Waals surface area contributed by atoms with E-state index in [-0.39, 0.29) is 42.4 Å². The van der Waals surface area contributed by atoms with Crippen molar-refractivity contribution in [2.75, 3.05) is 321 Å². The molecule has 0 aromatic rings. The first-order valence-electron chi connectivity index (χ1n) is 55.4. The summed E-state index contributed by atoms with van der Waals surface area (Å²) >= 11 is 0. The van der Waals surface area contributed by atoms with E-state index < -0.39 is 5.97 Å². The molecule has 0 aromatic heterocycles. The standard InChI is InChI=1S/C20H37N3O3.C19H37N3O2.C19H36N2O2.C18H33N3O3.C18H35N3O2.C13H24N2O2/c1-21-8-6-19(7-9-21)23-10-4-18(5-11-23)2-3-20(24)26-17-14-22-12-15-25-16-13-22;1-20(2)11-4-16-24-19(23)6-5-17-7-14-22(15-8-17)18-9-12-21(3)13-10-18;1-3-4-5-16-23-19(22)7-6-17-8-14-21(15-9-17)18-10-12-20(2)13-11-18;1-19(2)17(22)14-24-18(23)5-4-15-6-12-21(13-7-15)16-8-10-20(3)11-9-16;1-19(2)14-15-23-18(22)5-4-16-6-12-21(13-7-16)17-8-10-20(3)11-9-17;1-14-6-4-12(5-7-14)15-8-2-11(3-9-15)10-13(16)17/h18-19H,2-17H2,1H3;17-18H,4-16H2,1-3H3;17-18H,3-16H2,1-2H3;15-16H,4-14H2,1-3H3;16-17H,4-15H2,1-3H3;11-12H,2-10H2,1H3,(H,16,17). The first-order chi connectivity index (χ1) is 66.1. The summed E-state index contributed by atoms with van der Waals surface area (Å²) < 4.78 is 31.7. The summed E-state index contributed by atoms with van der Waals surface area (Å²) in [6, 6.07) is 4.68. The van der Waals surface area contributed by atoms with E-state index in [4.69, 9.17) is 33.5 Å². The number of carboxylic acids is 1. The summed E-state index contributed by atoms with van der Waals surface area (Å²) in [6.45, 7) is 39.4. The molecular weight excluding hydrogens is 1730 g/mol. The van der Waals surface area contributed by atoms with Gasteiger partial charge in [0.25, 0.3) is 5.91 Å². The van der Waals surface area contributed by atoms with Crippen molar-refractivity contribution in [2.24, 2.45) is 35.5 Å². The molecule has 13 aliphatic heterocycles. The summed E-state index contributed by atoms with van der Waals surface area (Å²) in [4.78, 5) is 120. The van der Waals surface area contributed by atoms with Gasteiger partial charge >= 0.3 is 35.8 Å². The number of hydrogen-bond acceptors (Lipinski definition) is 28. The predicted octanol–water partition coefficient (Wildman–Crippen LogP) is 11.0. The van der Waals surface area contributed by atoms with E-state index in [0.717, 1.165) is 178 Å². The van der Waals surface area contributed by atoms with Gasteiger partial charge < -0.3 is 107 Å². The maximum atomic E-state index is 12.0. The van der Waals surface area contributed by atoms with Crippen LogP contribution in [0.3, 0.4) is 0 Å². The Bertz CT molecular complexity index is 3180. The van der Waals surface area contributed by atoms with Crippen LogP contribution in [0.15, 0.2) is 0 Å². The first-order valence-corrected chi connectivity index (χ1v) is 55.4. The fraction of sp³-hybridized carbons (Fsp3) is 0.935. The lowest BCUT2D eigenvalue weighted by atomic mass is 9.90. The van der Waals surface area contributed by atoms with Crippen molar-refractivity contribution in [3.8, 4) is 0 Å².